The van der Waals surface area contributed by atoms with Crippen LogP contribution >= 0.6 is 0 Å². The van der Waals surface area contributed by atoms with Crippen LogP contribution in [0.3, 0.4) is 0 Å². The summed E-state index contributed by atoms with van der Waals surface area (Å²) in [6, 6.07) is 14.1. The van der Waals surface area contributed by atoms with Crippen LogP contribution in [0.5, 0.6) is 0 Å². The van der Waals surface area contributed by atoms with Crippen molar-refractivity contribution < 1.29 is 13.2 Å². The molecule has 0 saturated heterocycles. The summed E-state index contributed by atoms with van der Waals surface area (Å²) in [6.07, 6.45) is 0.876. The summed E-state index contributed by atoms with van der Waals surface area (Å²) in [4.78, 5) is 12.4. The van der Waals surface area contributed by atoms with Crippen LogP contribution in [-0.4, -0.2) is 20.9 Å². The second-order valence-electron chi connectivity index (χ2n) is 6.73. The van der Waals surface area contributed by atoms with Crippen LogP contribution in [0.4, 0.5) is 0 Å². The van der Waals surface area contributed by atoms with Gasteiger partial charge in [0.05, 0.1) is 4.90 Å². The molecule has 6 heteroatoms. The molecule has 0 bridgehead atoms. The Balaban J connectivity index is 2.13. The smallest absolute Gasteiger partial charge is 0.251 e. The fraction of sp³-hybridized carbons (Fsp3) is 0.350. The van der Waals surface area contributed by atoms with E-state index in [1.807, 2.05) is 30.3 Å². The van der Waals surface area contributed by atoms with Crippen LogP contribution < -0.4 is 10.0 Å². The monoisotopic (exact) mass is 374 g/mol. The fourth-order valence-electron chi connectivity index (χ4n) is 2.46. The van der Waals surface area contributed by atoms with Gasteiger partial charge in [0.1, 0.15) is 0 Å². The lowest BCUT2D eigenvalue weighted by Gasteiger charge is -2.12. The third-order valence-electron chi connectivity index (χ3n) is 4.06. The first kappa shape index (κ1) is 20.1. The molecule has 0 atom stereocenters. The van der Waals surface area contributed by atoms with Gasteiger partial charge in [0.2, 0.25) is 10.0 Å². The molecule has 140 valence electrons. The lowest BCUT2D eigenvalue weighted by molar-refractivity contribution is 0.0952. The van der Waals surface area contributed by atoms with Gasteiger partial charge in [-0.3, -0.25) is 4.79 Å². The van der Waals surface area contributed by atoms with Crippen molar-refractivity contribution in [3.8, 4) is 0 Å². The number of amides is 1. The second kappa shape index (κ2) is 8.96. The molecule has 1 amide bonds. The van der Waals surface area contributed by atoms with E-state index < -0.39 is 10.0 Å². The maximum atomic E-state index is 12.7. The molecule has 0 aliphatic heterocycles. The average Bonchev–Trinajstić information content (AvgIpc) is 2.61. The summed E-state index contributed by atoms with van der Waals surface area (Å²) < 4.78 is 27.9. The molecule has 26 heavy (non-hydrogen) atoms. The van der Waals surface area contributed by atoms with Crippen LogP contribution in [0.1, 0.15) is 41.8 Å². The number of carbonyl (C=O) groups excluding carboxylic acids is 1. The van der Waals surface area contributed by atoms with Crippen LogP contribution in [0, 0.1) is 12.8 Å². The number of nitrogens with one attached hydrogen (secondary N) is 2. The molecule has 0 aliphatic carbocycles. The van der Waals surface area contributed by atoms with E-state index in [1.54, 1.807) is 19.1 Å². The van der Waals surface area contributed by atoms with Crippen molar-refractivity contribution in [2.45, 2.75) is 38.6 Å². The van der Waals surface area contributed by atoms with Gasteiger partial charge < -0.3 is 5.32 Å². The van der Waals surface area contributed by atoms with Gasteiger partial charge in [-0.25, -0.2) is 13.1 Å². The molecular weight excluding hydrogens is 348 g/mol. The summed E-state index contributed by atoms with van der Waals surface area (Å²) in [5.74, 6) is 0.233. The van der Waals surface area contributed by atoms with E-state index in [0.717, 1.165) is 12.0 Å². The third kappa shape index (κ3) is 5.68. The van der Waals surface area contributed by atoms with Crippen LogP contribution in [0.15, 0.2) is 53.4 Å². The van der Waals surface area contributed by atoms with Crippen LogP contribution in [0.2, 0.25) is 0 Å². The summed E-state index contributed by atoms with van der Waals surface area (Å²) in [5, 5.41) is 2.83. The summed E-state index contributed by atoms with van der Waals surface area (Å²) >= 11 is 0. The van der Waals surface area contributed by atoms with Gasteiger partial charge in [-0.2, -0.15) is 0 Å². The van der Waals surface area contributed by atoms with E-state index in [1.165, 1.54) is 6.07 Å². The molecule has 2 N–H and O–H groups in total. The summed E-state index contributed by atoms with van der Waals surface area (Å²) in [6.45, 7) is 6.66. The minimum Gasteiger partial charge on any atom is -0.352 e. The normalized spacial score (nSPS) is 11.5. The Hall–Kier alpha value is -2.18. The second-order valence-corrected chi connectivity index (χ2v) is 8.46. The molecule has 0 aliphatic rings. The van der Waals surface area contributed by atoms with Gasteiger partial charge in [0.25, 0.3) is 5.91 Å². The molecule has 0 heterocycles. The van der Waals surface area contributed by atoms with Gasteiger partial charge in [-0.05, 0) is 42.5 Å². The molecule has 0 saturated carbocycles. The van der Waals surface area contributed by atoms with Crippen molar-refractivity contribution in [3.05, 3.63) is 65.2 Å². The zero-order valence-corrected chi connectivity index (χ0v) is 16.3. The summed E-state index contributed by atoms with van der Waals surface area (Å²) in [7, 11) is -3.71. The average molecular weight is 375 g/mol. The Morgan fingerprint density at radius 1 is 1.08 bits per heavy atom. The van der Waals surface area contributed by atoms with Crippen molar-refractivity contribution in [3.63, 3.8) is 0 Å². The predicted molar refractivity (Wildman–Crippen MR) is 103 cm³/mol. The number of hydrogen-bond donors (Lipinski definition) is 2. The van der Waals surface area contributed by atoms with E-state index >= 15 is 0 Å². The Morgan fingerprint density at radius 2 is 1.77 bits per heavy atom. The molecule has 5 nitrogen and oxygen atoms in total. The number of carbonyl (C=O) groups is 1. The lowest BCUT2D eigenvalue weighted by Crippen LogP contribution is -2.27. The quantitative estimate of drug-likeness (QED) is 0.745. The van der Waals surface area contributed by atoms with Crippen LogP contribution in [-0.2, 0) is 16.6 Å². The number of hydrogen-bond acceptors (Lipinski definition) is 3. The van der Waals surface area contributed by atoms with E-state index in [0.29, 0.717) is 23.6 Å². The number of aryl methyl sites for hydroxylation is 1. The first-order valence-corrected chi connectivity index (χ1v) is 10.2. The molecule has 0 spiro atoms. The van der Waals surface area contributed by atoms with Crippen molar-refractivity contribution in [2.24, 2.45) is 5.92 Å². The van der Waals surface area contributed by atoms with E-state index in [-0.39, 0.29) is 17.3 Å². The number of rotatable bonds is 8. The molecule has 2 rings (SSSR count). The Labute approximate surface area is 155 Å². The standard InChI is InChI=1S/C20H26N2O3S/c1-15(2)11-12-21-20(23)18-10-9-16(3)19(13-18)26(24,25)22-14-17-7-5-4-6-8-17/h4-10,13,15,22H,11-12,14H2,1-3H3,(H,21,23). The van der Waals surface area contributed by atoms with Crippen molar-refractivity contribution in [1.29, 1.82) is 0 Å². The van der Waals surface area contributed by atoms with E-state index in [4.69, 9.17) is 0 Å². The van der Waals surface area contributed by atoms with Crippen molar-refractivity contribution in [2.75, 3.05) is 6.54 Å². The Bertz CT molecular complexity index is 847. The maximum absolute atomic E-state index is 12.7. The predicted octanol–water partition coefficient (Wildman–Crippen LogP) is 3.25. The highest BCUT2D eigenvalue weighted by molar-refractivity contribution is 7.89. The molecule has 0 radical (unpaired) electrons. The van der Waals surface area contributed by atoms with Gasteiger partial charge in [-0.1, -0.05) is 50.2 Å². The van der Waals surface area contributed by atoms with Crippen molar-refractivity contribution >= 4 is 15.9 Å². The number of sulfonamides is 1. The van der Waals surface area contributed by atoms with Gasteiger partial charge in [0.15, 0.2) is 0 Å². The van der Waals surface area contributed by atoms with Gasteiger partial charge in [-0.15, -0.1) is 0 Å². The molecule has 0 fully saturated rings. The SMILES string of the molecule is Cc1ccc(C(=O)NCCC(C)C)cc1S(=O)(=O)NCc1ccccc1. The minimum absolute atomic E-state index is 0.130. The lowest BCUT2D eigenvalue weighted by atomic mass is 10.1. The fourth-order valence-corrected chi connectivity index (χ4v) is 3.75. The zero-order chi connectivity index (χ0) is 19.2. The Morgan fingerprint density at radius 3 is 2.42 bits per heavy atom. The first-order valence-electron chi connectivity index (χ1n) is 8.72. The van der Waals surface area contributed by atoms with Crippen molar-refractivity contribution in [1.82, 2.24) is 10.0 Å². The molecular formula is C20H26N2O3S. The van der Waals surface area contributed by atoms with Gasteiger partial charge >= 0.3 is 0 Å². The maximum Gasteiger partial charge on any atom is 0.251 e. The van der Waals surface area contributed by atoms with E-state index in [2.05, 4.69) is 23.9 Å². The van der Waals surface area contributed by atoms with Gasteiger partial charge in [0, 0.05) is 18.7 Å². The number of benzene rings is 2. The molecule has 0 unspecified atom stereocenters. The molecule has 2 aromatic carbocycles. The van der Waals surface area contributed by atoms with Crippen LogP contribution in [0.25, 0.3) is 0 Å². The highest BCUT2D eigenvalue weighted by Crippen LogP contribution is 2.17. The zero-order valence-electron chi connectivity index (χ0n) is 15.5. The highest BCUT2D eigenvalue weighted by atomic mass is 32.2. The topological polar surface area (TPSA) is 75.3 Å². The first-order chi connectivity index (χ1) is 12.3. The summed E-state index contributed by atoms with van der Waals surface area (Å²) in [5.41, 5.74) is 1.82. The minimum atomic E-state index is -3.71. The Kier molecular flexibility index (Phi) is 6.94. The van der Waals surface area contributed by atoms with E-state index in [9.17, 15) is 13.2 Å². The molecule has 0 aromatic heterocycles. The highest BCUT2D eigenvalue weighted by Gasteiger charge is 2.19. The third-order valence-corrected chi connectivity index (χ3v) is 5.60. The largest absolute Gasteiger partial charge is 0.352 e. The molecule has 2 aromatic rings.